The Balaban J connectivity index is 1.27. The maximum Gasteiger partial charge on any atom is 0.189 e. The zero-order valence-electron chi connectivity index (χ0n) is 17.1. The Morgan fingerprint density at radius 2 is 1.81 bits per heavy atom. The summed E-state index contributed by atoms with van der Waals surface area (Å²) in [7, 11) is 0. The quantitative estimate of drug-likeness (QED) is 0.524. The number of para-hydroxylation sites is 1. The minimum atomic E-state index is 0.0105. The van der Waals surface area contributed by atoms with Crippen LogP contribution in [0.25, 0.3) is 10.9 Å². The Morgan fingerprint density at radius 3 is 2.61 bits per heavy atom. The number of aromatic nitrogens is 1. The normalized spacial score (nSPS) is 17.1. The number of ketones is 1. The van der Waals surface area contributed by atoms with Crippen molar-refractivity contribution >= 4 is 32.6 Å². The first-order valence-corrected chi connectivity index (χ1v) is 11.3. The number of Topliss-reactive ketones (excluding diaryl/α,β-unsaturated/α-hetero) is 1. The topological polar surface area (TPSA) is 60.8 Å². The third kappa shape index (κ3) is 4.00. The van der Waals surface area contributed by atoms with Gasteiger partial charge in [0.05, 0.1) is 12.2 Å². The van der Waals surface area contributed by atoms with Gasteiger partial charge in [0.1, 0.15) is 13.2 Å². The number of piperidine rings is 1. The number of likely N-dealkylation sites (tertiary alicyclic amines) is 1. The molecule has 0 bridgehead atoms. The molecule has 5 rings (SSSR count). The van der Waals surface area contributed by atoms with Crippen molar-refractivity contribution in [3.05, 3.63) is 68.9 Å². The molecule has 0 aliphatic carbocycles. The van der Waals surface area contributed by atoms with E-state index >= 15 is 0 Å². The van der Waals surface area contributed by atoms with Crippen LogP contribution < -0.4 is 14.9 Å². The van der Waals surface area contributed by atoms with Crippen molar-refractivity contribution in [1.29, 1.82) is 0 Å². The van der Waals surface area contributed by atoms with Crippen molar-refractivity contribution < 1.29 is 14.3 Å². The molecule has 1 aromatic heterocycles. The van der Waals surface area contributed by atoms with Crippen LogP contribution in [-0.4, -0.2) is 41.6 Å². The van der Waals surface area contributed by atoms with E-state index in [2.05, 4.69) is 25.4 Å². The Labute approximate surface area is 188 Å². The van der Waals surface area contributed by atoms with E-state index in [1.807, 2.05) is 42.6 Å². The van der Waals surface area contributed by atoms with E-state index in [0.29, 0.717) is 42.3 Å². The minimum Gasteiger partial charge on any atom is -0.486 e. The van der Waals surface area contributed by atoms with Crippen molar-refractivity contribution in [2.45, 2.75) is 19.5 Å². The van der Waals surface area contributed by atoms with Crippen molar-refractivity contribution in [2.24, 2.45) is 5.92 Å². The van der Waals surface area contributed by atoms with Crippen LogP contribution in [0.3, 0.4) is 0 Å². The molecule has 31 heavy (non-hydrogen) atoms. The summed E-state index contributed by atoms with van der Waals surface area (Å²) in [5.41, 5.74) is 1.62. The molecular formula is C24H23BrN2O4. The van der Waals surface area contributed by atoms with Gasteiger partial charge in [0.25, 0.3) is 0 Å². The first kappa shape index (κ1) is 20.3. The lowest BCUT2D eigenvalue weighted by atomic mass is 9.89. The maximum absolute atomic E-state index is 13.0. The number of rotatable bonds is 4. The van der Waals surface area contributed by atoms with E-state index in [9.17, 15) is 9.59 Å². The SMILES string of the molecule is O=C(c1ccc2c(c1)OCCO2)C1CCN(Cn2ccc(=O)c3cccc(Br)c32)CC1. The molecule has 2 aliphatic rings. The van der Waals surface area contributed by atoms with Crippen LogP contribution >= 0.6 is 15.9 Å². The lowest BCUT2D eigenvalue weighted by molar-refractivity contribution is 0.0811. The van der Waals surface area contributed by atoms with Gasteiger partial charge in [-0.05, 0) is 59.1 Å². The number of hydrogen-bond acceptors (Lipinski definition) is 5. The largest absolute Gasteiger partial charge is 0.486 e. The van der Waals surface area contributed by atoms with Gasteiger partial charge in [-0.15, -0.1) is 0 Å². The zero-order valence-corrected chi connectivity index (χ0v) is 18.6. The van der Waals surface area contributed by atoms with Crippen molar-refractivity contribution in [3.63, 3.8) is 0 Å². The van der Waals surface area contributed by atoms with Crippen molar-refractivity contribution in [3.8, 4) is 11.5 Å². The molecule has 3 aromatic rings. The molecule has 0 unspecified atom stereocenters. The summed E-state index contributed by atoms with van der Waals surface area (Å²) in [5, 5.41) is 0.709. The summed E-state index contributed by atoms with van der Waals surface area (Å²) in [6.07, 6.45) is 3.47. The molecule has 0 spiro atoms. The highest BCUT2D eigenvalue weighted by Crippen LogP contribution is 2.32. The zero-order chi connectivity index (χ0) is 21.4. The minimum absolute atomic E-state index is 0.0105. The van der Waals surface area contributed by atoms with Crippen LogP contribution in [0.15, 0.2) is 57.9 Å². The van der Waals surface area contributed by atoms with Crippen molar-refractivity contribution in [1.82, 2.24) is 9.47 Å². The highest BCUT2D eigenvalue weighted by Gasteiger charge is 2.27. The van der Waals surface area contributed by atoms with Crippen LogP contribution in [0.1, 0.15) is 23.2 Å². The molecule has 0 radical (unpaired) electrons. The van der Waals surface area contributed by atoms with Gasteiger partial charge in [-0.2, -0.15) is 0 Å². The number of pyridine rings is 1. The average Bonchev–Trinajstić information content (AvgIpc) is 2.81. The third-order valence-electron chi connectivity index (χ3n) is 6.08. The van der Waals surface area contributed by atoms with Crippen molar-refractivity contribution in [2.75, 3.05) is 26.3 Å². The maximum atomic E-state index is 13.0. The van der Waals surface area contributed by atoms with Crippen LogP contribution in [0.5, 0.6) is 11.5 Å². The lowest BCUT2D eigenvalue weighted by Crippen LogP contribution is -2.37. The summed E-state index contributed by atoms with van der Waals surface area (Å²) < 4.78 is 14.2. The first-order chi connectivity index (χ1) is 15.1. The first-order valence-electron chi connectivity index (χ1n) is 10.5. The average molecular weight is 483 g/mol. The molecule has 160 valence electrons. The van der Waals surface area contributed by atoms with E-state index in [1.54, 1.807) is 6.07 Å². The standard InChI is InChI=1S/C24H23BrN2O4/c25-19-3-1-2-18-20(28)8-11-27(23(18)19)15-26-9-6-16(7-10-26)24(29)17-4-5-21-22(14-17)31-13-12-30-21/h1-5,8,11,14,16H,6-7,9-10,12-13,15H2. The molecule has 0 saturated carbocycles. The van der Waals surface area contributed by atoms with E-state index in [4.69, 9.17) is 9.47 Å². The smallest absolute Gasteiger partial charge is 0.189 e. The fourth-order valence-corrected chi connectivity index (χ4v) is 5.02. The number of hydrogen-bond donors (Lipinski definition) is 0. The molecule has 0 amide bonds. The van der Waals surface area contributed by atoms with Gasteiger partial charge < -0.3 is 14.0 Å². The summed E-state index contributed by atoms with van der Waals surface area (Å²) in [5.74, 6) is 1.55. The molecule has 6 nitrogen and oxygen atoms in total. The second-order valence-electron chi connectivity index (χ2n) is 8.04. The summed E-state index contributed by atoms with van der Waals surface area (Å²) in [6.45, 7) is 3.40. The molecule has 0 N–H and O–H groups in total. The summed E-state index contributed by atoms with van der Waals surface area (Å²) >= 11 is 3.59. The monoisotopic (exact) mass is 482 g/mol. The Hall–Kier alpha value is -2.64. The number of benzene rings is 2. The number of carbonyl (C=O) groups excluding carboxylic acids is 1. The third-order valence-corrected chi connectivity index (χ3v) is 6.72. The highest BCUT2D eigenvalue weighted by atomic mass is 79.9. The van der Waals surface area contributed by atoms with Gasteiger partial charge in [0.2, 0.25) is 0 Å². The molecule has 1 saturated heterocycles. The summed E-state index contributed by atoms with van der Waals surface area (Å²) in [6, 6.07) is 12.8. The fraction of sp³-hybridized carbons (Fsp3) is 0.333. The molecular weight excluding hydrogens is 460 g/mol. The number of halogens is 1. The molecule has 0 atom stereocenters. The molecule has 2 aromatic carbocycles. The van der Waals surface area contributed by atoms with E-state index < -0.39 is 0 Å². The number of fused-ring (bicyclic) bond motifs is 2. The Kier molecular flexibility index (Phi) is 5.54. The lowest BCUT2D eigenvalue weighted by Gasteiger charge is -2.32. The number of ether oxygens (including phenoxy) is 2. The van der Waals surface area contributed by atoms with Gasteiger partial charge in [0.15, 0.2) is 22.7 Å². The second-order valence-corrected chi connectivity index (χ2v) is 8.90. The van der Waals surface area contributed by atoms with Gasteiger partial charge >= 0.3 is 0 Å². The van der Waals surface area contributed by atoms with Crippen LogP contribution in [-0.2, 0) is 6.67 Å². The van der Waals surface area contributed by atoms with Gasteiger partial charge in [-0.25, -0.2) is 0 Å². The second kappa shape index (κ2) is 8.48. The number of carbonyl (C=O) groups is 1. The fourth-order valence-electron chi connectivity index (χ4n) is 4.43. The van der Waals surface area contributed by atoms with E-state index in [-0.39, 0.29) is 17.1 Å². The highest BCUT2D eigenvalue weighted by molar-refractivity contribution is 9.10. The van der Waals surface area contributed by atoms with Crippen LogP contribution in [0, 0.1) is 5.92 Å². The molecule has 7 heteroatoms. The molecule has 2 aliphatic heterocycles. The number of nitrogens with zero attached hydrogens (tertiary/aromatic N) is 2. The Morgan fingerprint density at radius 1 is 1.03 bits per heavy atom. The van der Waals surface area contributed by atoms with Crippen LogP contribution in [0.2, 0.25) is 0 Å². The van der Waals surface area contributed by atoms with E-state index in [1.165, 1.54) is 0 Å². The summed E-state index contributed by atoms with van der Waals surface area (Å²) in [4.78, 5) is 27.6. The Bertz CT molecular complexity index is 1200. The predicted octanol–water partition coefficient (Wildman–Crippen LogP) is 4.09. The van der Waals surface area contributed by atoms with Crippen LogP contribution in [0.4, 0.5) is 0 Å². The van der Waals surface area contributed by atoms with E-state index in [0.717, 1.165) is 35.9 Å². The predicted molar refractivity (Wildman–Crippen MR) is 122 cm³/mol. The van der Waals surface area contributed by atoms with Gasteiger partial charge in [0, 0.05) is 46.7 Å². The molecule has 3 heterocycles. The van der Waals surface area contributed by atoms with Gasteiger partial charge in [-0.1, -0.05) is 6.07 Å². The van der Waals surface area contributed by atoms with Gasteiger partial charge in [-0.3, -0.25) is 14.5 Å². The molecule has 1 fully saturated rings.